The van der Waals surface area contributed by atoms with Crippen LogP contribution in [0.5, 0.6) is 5.75 Å². The molecule has 2 N–H and O–H groups in total. The van der Waals surface area contributed by atoms with Crippen LogP contribution in [0.1, 0.15) is 30.6 Å². The molecule has 8 heteroatoms. The Hall–Kier alpha value is -2.42. The van der Waals surface area contributed by atoms with Crippen LogP contribution in [-0.4, -0.2) is 40.7 Å². The van der Waals surface area contributed by atoms with Crippen molar-refractivity contribution in [1.29, 1.82) is 0 Å². The number of sulfonamides is 1. The molecule has 0 saturated heterocycles. The molecule has 0 aliphatic rings. The summed E-state index contributed by atoms with van der Waals surface area (Å²) < 4.78 is 38.3. The van der Waals surface area contributed by atoms with Gasteiger partial charge in [-0.2, -0.15) is 0 Å². The average molecular weight is 407 g/mol. The van der Waals surface area contributed by atoms with Gasteiger partial charge in [-0.25, -0.2) is 13.1 Å². The third-order valence-corrected chi connectivity index (χ3v) is 5.27. The van der Waals surface area contributed by atoms with Crippen LogP contribution >= 0.6 is 0 Å². The second-order valence-corrected chi connectivity index (χ2v) is 7.63. The maximum atomic E-state index is 12.5. The maximum absolute atomic E-state index is 12.5. The molecule has 0 spiro atoms. The van der Waals surface area contributed by atoms with Gasteiger partial charge in [0.1, 0.15) is 5.75 Å². The van der Waals surface area contributed by atoms with Crippen molar-refractivity contribution in [2.24, 2.45) is 0 Å². The van der Waals surface area contributed by atoms with E-state index in [4.69, 9.17) is 9.47 Å². The van der Waals surface area contributed by atoms with Crippen LogP contribution in [0, 0.1) is 0 Å². The van der Waals surface area contributed by atoms with Gasteiger partial charge in [0.05, 0.1) is 17.2 Å². The molecule has 0 atom stereocenters. The van der Waals surface area contributed by atoms with E-state index in [-0.39, 0.29) is 17.3 Å². The molecule has 7 nitrogen and oxygen atoms in total. The highest BCUT2D eigenvalue weighted by Crippen LogP contribution is 2.28. The van der Waals surface area contributed by atoms with Gasteiger partial charge in [-0.1, -0.05) is 18.2 Å². The molecule has 2 aromatic rings. The number of nitrogens with one attached hydrogen (secondary N) is 2. The third-order valence-electron chi connectivity index (χ3n) is 3.81. The number of hydrogen-bond acceptors (Lipinski definition) is 5. The van der Waals surface area contributed by atoms with Crippen molar-refractivity contribution >= 4 is 21.6 Å². The number of amides is 1. The number of benzene rings is 2. The van der Waals surface area contributed by atoms with Gasteiger partial charge in [-0.3, -0.25) is 4.79 Å². The van der Waals surface area contributed by atoms with Gasteiger partial charge in [0.25, 0.3) is 5.91 Å². The lowest BCUT2D eigenvalue weighted by Gasteiger charge is -2.14. The van der Waals surface area contributed by atoms with E-state index in [2.05, 4.69) is 10.0 Å². The van der Waals surface area contributed by atoms with Gasteiger partial charge in [-0.05, 0) is 50.6 Å². The Kier molecular flexibility index (Phi) is 8.43. The minimum atomic E-state index is -3.71. The van der Waals surface area contributed by atoms with E-state index < -0.39 is 10.0 Å². The maximum Gasteiger partial charge on any atom is 0.255 e. The van der Waals surface area contributed by atoms with Gasteiger partial charge in [0.2, 0.25) is 10.0 Å². The van der Waals surface area contributed by atoms with Crippen LogP contribution in [0.15, 0.2) is 53.4 Å². The van der Waals surface area contributed by atoms with E-state index in [0.717, 1.165) is 0 Å². The predicted octanol–water partition coefficient (Wildman–Crippen LogP) is 3.04. The lowest BCUT2D eigenvalue weighted by atomic mass is 10.2. The van der Waals surface area contributed by atoms with Crippen LogP contribution in [-0.2, 0) is 14.8 Å². The summed E-state index contributed by atoms with van der Waals surface area (Å²) in [6.45, 7) is 5.43. The van der Waals surface area contributed by atoms with E-state index in [1.54, 1.807) is 30.3 Å². The number of ether oxygens (including phenoxy) is 2. The number of carbonyl (C=O) groups excluding carboxylic acids is 1. The van der Waals surface area contributed by atoms with E-state index in [0.29, 0.717) is 43.2 Å². The Morgan fingerprint density at radius 3 is 2.46 bits per heavy atom. The second-order valence-electron chi connectivity index (χ2n) is 5.86. The van der Waals surface area contributed by atoms with Crippen molar-refractivity contribution in [3.05, 3.63) is 54.1 Å². The quantitative estimate of drug-likeness (QED) is 0.560. The monoisotopic (exact) mass is 406 g/mol. The molecule has 0 aliphatic heterocycles. The average Bonchev–Trinajstić information content (AvgIpc) is 2.69. The molecule has 0 bridgehead atoms. The first-order valence-electron chi connectivity index (χ1n) is 9.18. The van der Waals surface area contributed by atoms with E-state index in [9.17, 15) is 13.2 Å². The molecule has 2 aromatic carbocycles. The highest BCUT2D eigenvalue weighted by atomic mass is 32.2. The fraction of sp³-hybridized carbons (Fsp3) is 0.350. The molecular formula is C20H26N2O5S. The summed E-state index contributed by atoms with van der Waals surface area (Å²) in [6, 6.07) is 13.1. The van der Waals surface area contributed by atoms with E-state index in [1.165, 1.54) is 12.1 Å². The van der Waals surface area contributed by atoms with E-state index in [1.807, 2.05) is 19.9 Å². The Morgan fingerprint density at radius 2 is 1.79 bits per heavy atom. The van der Waals surface area contributed by atoms with Crippen molar-refractivity contribution in [2.75, 3.05) is 31.7 Å². The Bertz CT molecular complexity index is 869. The standard InChI is InChI=1S/C20H26N2O5S/c1-3-26-14-8-13-21-28(24,25)17-11-12-19(27-4-2)18(15-17)22-20(23)16-9-6-5-7-10-16/h5-7,9-12,15,21H,3-4,8,13-14H2,1-2H3,(H,22,23). The van der Waals surface area contributed by atoms with Crippen molar-refractivity contribution < 1.29 is 22.7 Å². The molecule has 1 amide bonds. The largest absolute Gasteiger partial charge is 0.492 e. The summed E-state index contributed by atoms with van der Waals surface area (Å²) in [4.78, 5) is 12.5. The minimum Gasteiger partial charge on any atom is -0.492 e. The van der Waals surface area contributed by atoms with Gasteiger partial charge in [0, 0.05) is 25.3 Å². The van der Waals surface area contributed by atoms with Crippen molar-refractivity contribution in [3.8, 4) is 5.75 Å². The molecule has 28 heavy (non-hydrogen) atoms. The van der Waals surface area contributed by atoms with Gasteiger partial charge in [-0.15, -0.1) is 0 Å². The molecule has 2 rings (SSSR count). The molecule has 0 aliphatic carbocycles. The number of hydrogen-bond donors (Lipinski definition) is 2. The summed E-state index contributed by atoms with van der Waals surface area (Å²) in [5.74, 6) is 0.0582. The number of rotatable bonds is 11. The van der Waals surface area contributed by atoms with Crippen LogP contribution < -0.4 is 14.8 Å². The highest BCUT2D eigenvalue weighted by Gasteiger charge is 2.18. The first-order valence-corrected chi connectivity index (χ1v) is 10.7. The fourth-order valence-corrected chi connectivity index (χ4v) is 3.55. The minimum absolute atomic E-state index is 0.0516. The highest BCUT2D eigenvalue weighted by molar-refractivity contribution is 7.89. The molecule has 0 saturated carbocycles. The lowest BCUT2D eigenvalue weighted by molar-refractivity contribution is 0.102. The van der Waals surface area contributed by atoms with Crippen molar-refractivity contribution in [1.82, 2.24) is 4.72 Å². The zero-order valence-electron chi connectivity index (χ0n) is 16.1. The SMILES string of the molecule is CCOCCCNS(=O)(=O)c1ccc(OCC)c(NC(=O)c2ccccc2)c1. The summed E-state index contributed by atoms with van der Waals surface area (Å²) in [6.07, 6.45) is 0.571. The summed E-state index contributed by atoms with van der Waals surface area (Å²) in [5.41, 5.74) is 0.764. The molecule has 0 fully saturated rings. The summed E-state index contributed by atoms with van der Waals surface area (Å²) in [5, 5.41) is 2.73. The number of anilines is 1. The topological polar surface area (TPSA) is 93.7 Å². The Morgan fingerprint density at radius 1 is 1.04 bits per heavy atom. The normalized spacial score (nSPS) is 11.2. The smallest absolute Gasteiger partial charge is 0.255 e. The van der Waals surface area contributed by atoms with Crippen LogP contribution in [0.3, 0.4) is 0 Å². The molecule has 0 heterocycles. The first-order chi connectivity index (χ1) is 13.5. The Labute approximate surface area is 166 Å². The third kappa shape index (κ3) is 6.33. The zero-order valence-corrected chi connectivity index (χ0v) is 16.9. The van der Waals surface area contributed by atoms with E-state index >= 15 is 0 Å². The first kappa shape index (κ1) is 21.9. The zero-order chi connectivity index (χ0) is 20.4. The molecule has 152 valence electrons. The predicted molar refractivity (Wildman–Crippen MR) is 108 cm³/mol. The van der Waals surface area contributed by atoms with Gasteiger partial charge < -0.3 is 14.8 Å². The van der Waals surface area contributed by atoms with Crippen LogP contribution in [0.4, 0.5) is 5.69 Å². The lowest BCUT2D eigenvalue weighted by Crippen LogP contribution is -2.26. The molecule has 0 radical (unpaired) electrons. The molecule has 0 aromatic heterocycles. The summed E-state index contributed by atoms with van der Waals surface area (Å²) >= 11 is 0. The summed E-state index contributed by atoms with van der Waals surface area (Å²) in [7, 11) is -3.71. The fourth-order valence-electron chi connectivity index (χ4n) is 2.45. The second kappa shape index (κ2) is 10.8. The van der Waals surface area contributed by atoms with Crippen LogP contribution in [0.25, 0.3) is 0 Å². The molecule has 0 unspecified atom stereocenters. The van der Waals surface area contributed by atoms with Gasteiger partial charge in [0.15, 0.2) is 0 Å². The molecular weight excluding hydrogens is 380 g/mol. The Balaban J connectivity index is 2.18. The number of carbonyl (C=O) groups is 1. The van der Waals surface area contributed by atoms with Crippen molar-refractivity contribution in [2.45, 2.75) is 25.2 Å². The van der Waals surface area contributed by atoms with Gasteiger partial charge >= 0.3 is 0 Å². The van der Waals surface area contributed by atoms with Crippen molar-refractivity contribution in [3.63, 3.8) is 0 Å². The van der Waals surface area contributed by atoms with Crippen LogP contribution in [0.2, 0.25) is 0 Å².